The van der Waals surface area contributed by atoms with Crippen LogP contribution < -0.4 is 10.6 Å². The highest BCUT2D eigenvalue weighted by Gasteiger charge is 2.38. The normalized spacial score (nSPS) is 14.1. The Balaban J connectivity index is 1.96. The predicted octanol–water partition coefficient (Wildman–Crippen LogP) is 2.13. The zero-order chi connectivity index (χ0) is 19.9. The molecule has 0 spiro atoms. The number of rotatable bonds is 4. The highest BCUT2D eigenvalue weighted by molar-refractivity contribution is 6.35. The summed E-state index contributed by atoms with van der Waals surface area (Å²) in [6.07, 6.45) is -1.10. The van der Waals surface area contributed by atoms with Crippen molar-refractivity contribution in [3.63, 3.8) is 0 Å². The van der Waals surface area contributed by atoms with Crippen LogP contribution in [0.4, 0.5) is 5.69 Å². The van der Waals surface area contributed by atoms with Crippen molar-refractivity contribution in [3.8, 4) is 0 Å². The standard InChI is InChI=1S/C20H18N2O5/c1-10-4-5-11(2)16(8-10)22-18(24)14-7-6-13(9-15(14)19(22)25)20(26)27-12(3)17(21)23/h4-9,12H,1-3H3,(H2,21,23)/t12-/m0/s1. The summed E-state index contributed by atoms with van der Waals surface area (Å²) in [7, 11) is 0. The molecule has 7 nitrogen and oxygen atoms in total. The summed E-state index contributed by atoms with van der Waals surface area (Å²) in [5.41, 5.74) is 7.67. The Bertz CT molecular complexity index is 996. The minimum absolute atomic E-state index is 0.0609. The first-order chi connectivity index (χ1) is 12.7. The second kappa shape index (κ2) is 6.68. The fraction of sp³-hybridized carbons (Fsp3) is 0.200. The number of ether oxygens (including phenoxy) is 1. The summed E-state index contributed by atoms with van der Waals surface area (Å²) in [4.78, 5) is 49.9. The Morgan fingerprint density at radius 1 is 1.00 bits per heavy atom. The van der Waals surface area contributed by atoms with E-state index in [1.807, 2.05) is 26.0 Å². The fourth-order valence-electron chi connectivity index (χ4n) is 2.83. The molecule has 0 saturated heterocycles. The first-order valence-electron chi connectivity index (χ1n) is 8.31. The van der Waals surface area contributed by atoms with Crippen LogP contribution in [0.1, 0.15) is 49.1 Å². The van der Waals surface area contributed by atoms with Gasteiger partial charge >= 0.3 is 5.97 Å². The summed E-state index contributed by atoms with van der Waals surface area (Å²) >= 11 is 0. The minimum Gasteiger partial charge on any atom is -0.449 e. The van der Waals surface area contributed by atoms with Crippen molar-refractivity contribution >= 4 is 29.4 Å². The quantitative estimate of drug-likeness (QED) is 0.659. The molecule has 0 radical (unpaired) electrons. The molecule has 0 unspecified atom stereocenters. The number of imide groups is 1. The third-order valence-electron chi connectivity index (χ3n) is 4.41. The van der Waals surface area contributed by atoms with Gasteiger partial charge in [-0.15, -0.1) is 0 Å². The number of primary amides is 1. The number of amides is 3. The van der Waals surface area contributed by atoms with Crippen molar-refractivity contribution in [1.82, 2.24) is 0 Å². The molecule has 0 aromatic heterocycles. The lowest BCUT2D eigenvalue weighted by Gasteiger charge is -2.17. The second-order valence-electron chi connectivity index (χ2n) is 6.45. The van der Waals surface area contributed by atoms with E-state index in [1.165, 1.54) is 25.1 Å². The first kappa shape index (κ1) is 18.3. The number of fused-ring (bicyclic) bond motifs is 1. The number of benzene rings is 2. The van der Waals surface area contributed by atoms with Gasteiger partial charge in [0, 0.05) is 0 Å². The molecule has 0 fully saturated rings. The Labute approximate surface area is 155 Å². The molecule has 1 heterocycles. The summed E-state index contributed by atoms with van der Waals surface area (Å²) in [5.74, 6) is -2.54. The van der Waals surface area contributed by atoms with Gasteiger partial charge < -0.3 is 10.5 Å². The molecular formula is C20H18N2O5. The van der Waals surface area contributed by atoms with E-state index in [2.05, 4.69) is 0 Å². The lowest BCUT2D eigenvalue weighted by Crippen LogP contribution is -2.30. The van der Waals surface area contributed by atoms with Crippen molar-refractivity contribution in [2.24, 2.45) is 5.73 Å². The van der Waals surface area contributed by atoms with Crippen molar-refractivity contribution in [2.75, 3.05) is 4.90 Å². The van der Waals surface area contributed by atoms with Gasteiger partial charge in [0.1, 0.15) is 0 Å². The van der Waals surface area contributed by atoms with E-state index in [9.17, 15) is 19.2 Å². The molecular weight excluding hydrogens is 348 g/mol. The number of esters is 1. The van der Waals surface area contributed by atoms with E-state index < -0.39 is 29.8 Å². The van der Waals surface area contributed by atoms with Crippen LogP contribution in [-0.2, 0) is 9.53 Å². The van der Waals surface area contributed by atoms with Gasteiger partial charge in [0.25, 0.3) is 17.7 Å². The van der Waals surface area contributed by atoms with Crippen molar-refractivity contribution in [1.29, 1.82) is 0 Å². The van der Waals surface area contributed by atoms with Crippen molar-refractivity contribution in [3.05, 3.63) is 64.2 Å². The molecule has 1 aliphatic rings. The zero-order valence-electron chi connectivity index (χ0n) is 15.1. The van der Waals surface area contributed by atoms with Crippen LogP contribution in [0.5, 0.6) is 0 Å². The molecule has 7 heteroatoms. The maximum Gasteiger partial charge on any atom is 0.338 e. The largest absolute Gasteiger partial charge is 0.449 e. The van der Waals surface area contributed by atoms with Gasteiger partial charge in [-0.1, -0.05) is 12.1 Å². The van der Waals surface area contributed by atoms with Crippen LogP contribution in [0, 0.1) is 13.8 Å². The third kappa shape index (κ3) is 3.19. The van der Waals surface area contributed by atoms with E-state index in [4.69, 9.17) is 10.5 Å². The highest BCUT2D eigenvalue weighted by Crippen LogP contribution is 2.31. The number of anilines is 1. The molecule has 2 aromatic carbocycles. The van der Waals surface area contributed by atoms with E-state index in [0.717, 1.165) is 16.0 Å². The minimum atomic E-state index is -1.10. The topological polar surface area (TPSA) is 107 Å². The average molecular weight is 366 g/mol. The monoisotopic (exact) mass is 366 g/mol. The Hall–Kier alpha value is -3.48. The van der Waals surface area contributed by atoms with E-state index >= 15 is 0 Å². The Morgan fingerprint density at radius 2 is 1.67 bits per heavy atom. The van der Waals surface area contributed by atoms with E-state index in [1.54, 1.807) is 6.07 Å². The second-order valence-corrected chi connectivity index (χ2v) is 6.45. The molecule has 1 aliphatic heterocycles. The van der Waals surface area contributed by atoms with E-state index in [-0.39, 0.29) is 16.7 Å². The van der Waals surface area contributed by atoms with E-state index in [0.29, 0.717) is 5.69 Å². The van der Waals surface area contributed by atoms with Crippen LogP contribution in [-0.4, -0.2) is 29.8 Å². The maximum absolute atomic E-state index is 12.9. The summed E-state index contributed by atoms with van der Waals surface area (Å²) in [5, 5.41) is 0. The number of carbonyl (C=O) groups is 4. The van der Waals surface area contributed by atoms with Crippen LogP contribution in [0.3, 0.4) is 0 Å². The molecule has 138 valence electrons. The van der Waals surface area contributed by atoms with Gasteiger partial charge in [-0.25, -0.2) is 9.69 Å². The molecule has 3 amide bonds. The molecule has 27 heavy (non-hydrogen) atoms. The highest BCUT2D eigenvalue weighted by atomic mass is 16.5. The van der Waals surface area contributed by atoms with Crippen LogP contribution >= 0.6 is 0 Å². The average Bonchev–Trinajstić information content (AvgIpc) is 2.87. The van der Waals surface area contributed by atoms with Crippen molar-refractivity contribution in [2.45, 2.75) is 26.9 Å². The smallest absolute Gasteiger partial charge is 0.338 e. The number of nitrogens with zero attached hydrogens (tertiary/aromatic N) is 1. The third-order valence-corrected chi connectivity index (χ3v) is 4.41. The summed E-state index contributed by atoms with van der Waals surface area (Å²) in [6.45, 7) is 5.03. The SMILES string of the molecule is Cc1ccc(C)c(N2C(=O)c3ccc(C(=O)O[C@@H](C)C(N)=O)cc3C2=O)c1. The molecule has 0 bridgehead atoms. The van der Waals surface area contributed by atoms with Crippen LogP contribution in [0.15, 0.2) is 36.4 Å². The van der Waals surface area contributed by atoms with Gasteiger partial charge in [-0.05, 0) is 56.2 Å². The fourth-order valence-corrected chi connectivity index (χ4v) is 2.83. The molecule has 2 N–H and O–H groups in total. The molecule has 2 aromatic rings. The lowest BCUT2D eigenvalue weighted by atomic mass is 10.1. The predicted molar refractivity (Wildman–Crippen MR) is 97.6 cm³/mol. The lowest BCUT2D eigenvalue weighted by molar-refractivity contribution is -0.125. The maximum atomic E-state index is 12.9. The zero-order valence-corrected chi connectivity index (χ0v) is 15.1. The molecule has 1 atom stereocenters. The first-order valence-corrected chi connectivity index (χ1v) is 8.31. The number of hydrogen-bond donors (Lipinski definition) is 1. The number of hydrogen-bond acceptors (Lipinski definition) is 5. The molecule has 3 rings (SSSR count). The Kier molecular flexibility index (Phi) is 4.53. The van der Waals surface area contributed by atoms with Gasteiger partial charge in [-0.3, -0.25) is 14.4 Å². The number of nitrogens with two attached hydrogens (primary N) is 1. The molecule has 0 saturated carbocycles. The summed E-state index contributed by atoms with van der Waals surface area (Å²) < 4.78 is 4.94. The summed E-state index contributed by atoms with van der Waals surface area (Å²) in [6, 6.07) is 9.59. The molecule has 0 aliphatic carbocycles. The number of carbonyl (C=O) groups excluding carboxylic acids is 4. The van der Waals surface area contributed by atoms with Gasteiger partial charge in [0.05, 0.1) is 22.4 Å². The van der Waals surface area contributed by atoms with Gasteiger partial charge in [-0.2, -0.15) is 0 Å². The Morgan fingerprint density at radius 3 is 2.33 bits per heavy atom. The van der Waals surface area contributed by atoms with Gasteiger partial charge in [0.15, 0.2) is 6.10 Å². The van der Waals surface area contributed by atoms with Crippen molar-refractivity contribution < 1.29 is 23.9 Å². The van der Waals surface area contributed by atoms with Crippen LogP contribution in [0.2, 0.25) is 0 Å². The van der Waals surface area contributed by atoms with Gasteiger partial charge in [0.2, 0.25) is 0 Å². The number of aryl methyl sites for hydroxylation is 2. The van der Waals surface area contributed by atoms with Crippen LogP contribution in [0.25, 0.3) is 0 Å².